The lowest BCUT2D eigenvalue weighted by atomic mass is 9.76. The molecule has 2 N–H and O–H groups in total. The molecule has 29 heavy (non-hydrogen) atoms. The third kappa shape index (κ3) is 4.08. The molecule has 0 fully saturated rings. The molecule has 2 aliphatic rings. The topological polar surface area (TPSA) is 74.8 Å². The number of anilines is 1. The summed E-state index contributed by atoms with van der Waals surface area (Å²) in [6, 6.07) is 7.79. The van der Waals surface area contributed by atoms with E-state index in [1.165, 1.54) is 0 Å². The zero-order valence-corrected chi connectivity index (χ0v) is 19.0. The van der Waals surface area contributed by atoms with Crippen molar-refractivity contribution >= 4 is 39.3 Å². The van der Waals surface area contributed by atoms with Gasteiger partial charge in [0.1, 0.15) is 5.82 Å². The number of aromatic nitrogens is 2. The maximum absolute atomic E-state index is 13.2. The number of H-pyrrole nitrogens is 1. The molecular formula is C22H24BrN3O2S. The molecule has 152 valence electrons. The average Bonchev–Trinajstić information content (AvgIpc) is 2.67. The first-order chi connectivity index (χ1) is 14.0. The number of thioether (sulfide) groups is 1. The summed E-state index contributed by atoms with van der Waals surface area (Å²) < 4.78 is 0.887. The maximum Gasteiger partial charge on any atom is 0.257 e. The first kappa shape index (κ1) is 20.4. The van der Waals surface area contributed by atoms with E-state index in [-0.39, 0.29) is 11.3 Å². The average molecular weight is 474 g/mol. The molecule has 1 aliphatic heterocycles. The summed E-state index contributed by atoms with van der Waals surface area (Å²) in [7, 11) is 0. The molecule has 0 spiro atoms. The molecule has 1 aliphatic carbocycles. The Morgan fingerprint density at radius 1 is 1.24 bits per heavy atom. The quantitative estimate of drug-likeness (QED) is 0.458. The summed E-state index contributed by atoms with van der Waals surface area (Å²) >= 11 is 5.18. The fourth-order valence-corrected chi connectivity index (χ4v) is 5.54. The van der Waals surface area contributed by atoms with Crippen molar-refractivity contribution in [3.63, 3.8) is 0 Å². The summed E-state index contributed by atoms with van der Waals surface area (Å²) in [5.41, 5.74) is 2.89. The van der Waals surface area contributed by atoms with E-state index in [0.29, 0.717) is 34.4 Å². The van der Waals surface area contributed by atoms with Crippen molar-refractivity contribution in [2.75, 3.05) is 11.1 Å². The van der Waals surface area contributed by atoms with E-state index in [1.807, 2.05) is 24.3 Å². The Labute approximate surface area is 182 Å². The van der Waals surface area contributed by atoms with Crippen LogP contribution >= 0.6 is 27.7 Å². The molecule has 0 saturated carbocycles. The van der Waals surface area contributed by atoms with Crippen molar-refractivity contribution in [1.29, 1.82) is 0 Å². The molecule has 7 heteroatoms. The highest BCUT2D eigenvalue weighted by atomic mass is 79.9. The van der Waals surface area contributed by atoms with Crippen LogP contribution in [-0.4, -0.2) is 21.5 Å². The summed E-state index contributed by atoms with van der Waals surface area (Å²) in [5.74, 6) is 1.79. The molecule has 0 saturated heterocycles. The molecule has 1 aromatic heterocycles. The SMILES string of the molecule is CC(C)CCSc1nc2c(c(=O)[nH]1)[C@@H](c1ccccc1Br)C1=C(CCCC1=O)N2. The Morgan fingerprint density at radius 2 is 2.03 bits per heavy atom. The number of ketones is 1. The molecule has 0 radical (unpaired) electrons. The Bertz CT molecular complexity index is 1040. The number of allylic oxidation sites excluding steroid dienone is 2. The van der Waals surface area contributed by atoms with Gasteiger partial charge in [0.25, 0.3) is 5.56 Å². The van der Waals surface area contributed by atoms with Crippen LogP contribution < -0.4 is 10.9 Å². The van der Waals surface area contributed by atoms with Crippen LogP contribution in [0.15, 0.2) is 50.0 Å². The van der Waals surface area contributed by atoms with Gasteiger partial charge in [-0.3, -0.25) is 9.59 Å². The number of halogens is 1. The van der Waals surface area contributed by atoms with Crippen molar-refractivity contribution in [1.82, 2.24) is 9.97 Å². The summed E-state index contributed by atoms with van der Waals surface area (Å²) in [4.78, 5) is 33.7. The lowest BCUT2D eigenvalue weighted by Gasteiger charge is -2.33. The van der Waals surface area contributed by atoms with E-state index in [0.717, 1.165) is 40.7 Å². The molecule has 1 atom stereocenters. The molecule has 0 unspecified atom stereocenters. The smallest absolute Gasteiger partial charge is 0.257 e. The number of aromatic amines is 1. The minimum atomic E-state index is -0.407. The number of carbonyl (C=O) groups excluding carboxylic acids is 1. The zero-order chi connectivity index (χ0) is 20.5. The maximum atomic E-state index is 13.2. The second kappa shape index (κ2) is 8.48. The highest BCUT2D eigenvalue weighted by Gasteiger charge is 2.38. The number of benzene rings is 1. The Balaban J connectivity index is 1.82. The van der Waals surface area contributed by atoms with Gasteiger partial charge in [-0.1, -0.05) is 59.7 Å². The predicted molar refractivity (Wildman–Crippen MR) is 121 cm³/mol. The Morgan fingerprint density at radius 3 is 2.79 bits per heavy atom. The lowest BCUT2D eigenvalue weighted by Crippen LogP contribution is -2.32. The van der Waals surface area contributed by atoms with Gasteiger partial charge in [-0.15, -0.1) is 0 Å². The number of nitrogens with zero attached hydrogens (tertiary/aromatic N) is 1. The van der Waals surface area contributed by atoms with E-state index in [2.05, 4.69) is 40.1 Å². The molecule has 2 aromatic rings. The van der Waals surface area contributed by atoms with E-state index < -0.39 is 5.92 Å². The van der Waals surface area contributed by atoms with Crippen molar-refractivity contribution in [3.05, 3.63) is 61.5 Å². The third-order valence-corrected chi connectivity index (χ3v) is 7.02. The molecule has 0 bridgehead atoms. The van der Waals surface area contributed by atoms with E-state index in [1.54, 1.807) is 11.8 Å². The van der Waals surface area contributed by atoms with Crippen LogP contribution in [0.25, 0.3) is 0 Å². The van der Waals surface area contributed by atoms with Gasteiger partial charge in [-0.25, -0.2) is 4.98 Å². The number of nitrogens with one attached hydrogen (secondary N) is 2. The predicted octanol–water partition coefficient (Wildman–Crippen LogP) is 5.24. The summed E-state index contributed by atoms with van der Waals surface area (Å²) in [6.07, 6.45) is 3.20. The number of Topliss-reactive ketones (excluding diaryl/α,β-unsaturated/α-hetero) is 1. The molecule has 0 amide bonds. The van der Waals surface area contributed by atoms with Gasteiger partial charge in [-0.2, -0.15) is 0 Å². The molecule has 5 nitrogen and oxygen atoms in total. The first-order valence-electron chi connectivity index (χ1n) is 10.0. The largest absolute Gasteiger partial charge is 0.343 e. The zero-order valence-electron chi connectivity index (χ0n) is 16.5. The molecule has 2 heterocycles. The fourth-order valence-electron chi connectivity index (χ4n) is 3.92. The van der Waals surface area contributed by atoms with Crippen LogP contribution in [0.3, 0.4) is 0 Å². The van der Waals surface area contributed by atoms with Crippen molar-refractivity contribution < 1.29 is 4.79 Å². The fraction of sp³-hybridized carbons (Fsp3) is 0.409. The monoisotopic (exact) mass is 473 g/mol. The van der Waals surface area contributed by atoms with Crippen LogP contribution in [0.4, 0.5) is 5.82 Å². The molecular weight excluding hydrogens is 450 g/mol. The minimum Gasteiger partial charge on any atom is -0.343 e. The van der Waals surface area contributed by atoms with Gasteiger partial charge in [0.2, 0.25) is 0 Å². The molecule has 4 rings (SSSR count). The summed E-state index contributed by atoms with van der Waals surface area (Å²) in [5, 5.41) is 3.95. The number of carbonyl (C=O) groups is 1. The van der Waals surface area contributed by atoms with Crippen molar-refractivity contribution in [2.45, 2.75) is 50.6 Å². The number of fused-ring (bicyclic) bond motifs is 1. The summed E-state index contributed by atoms with van der Waals surface area (Å²) in [6.45, 7) is 4.36. The van der Waals surface area contributed by atoms with Crippen molar-refractivity contribution in [3.8, 4) is 0 Å². The normalized spacial score (nSPS) is 18.5. The number of hydrogen-bond donors (Lipinski definition) is 2. The second-order valence-corrected chi connectivity index (χ2v) is 9.85. The van der Waals surface area contributed by atoms with Gasteiger partial charge >= 0.3 is 0 Å². The van der Waals surface area contributed by atoms with Crippen molar-refractivity contribution in [2.24, 2.45) is 5.92 Å². The van der Waals surface area contributed by atoms with Gasteiger partial charge in [-0.05, 0) is 36.8 Å². The van der Waals surface area contributed by atoms with Gasteiger partial charge in [0.15, 0.2) is 10.9 Å². The molecule has 1 aromatic carbocycles. The van der Waals surface area contributed by atoms with Crippen LogP contribution in [0.2, 0.25) is 0 Å². The standard InChI is InChI=1S/C22H24BrN3O2S/c1-12(2)10-11-29-22-25-20-19(21(28)26-22)17(13-6-3-4-7-14(13)23)18-15(24-20)8-5-9-16(18)27/h3-4,6-7,12,17H,5,8-11H2,1-2H3,(H2,24,25,26,28)/t17-/m0/s1. The second-order valence-electron chi connectivity index (χ2n) is 7.91. The van der Waals surface area contributed by atoms with Crippen LogP contribution in [0.5, 0.6) is 0 Å². The van der Waals surface area contributed by atoms with Gasteiger partial charge in [0.05, 0.1) is 5.56 Å². The Hall–Kier alpha value is -1.86. The minimum absolute atomic E-state index is 0.111. The lowest BCUT2D eigenvalue weighted by molar-refractivity contribution is -0.116. The Kier molecular flexibility index (Phi) is 5.97. The van der Waals surface area contributed by atoms with Gasteiger partial charge in [0, 0.05) is 33.8 Å². The number of hydrogen-bond acceptors (Lipinski definition) is 5. The van der Waals surface area contributed by atoms with Crippen LogP contribution in [0.1, 0.15) is 56.6 Å². The third-order valence-electron chi connectivity index (χ3n) is 5.39. The van der Waals surface area contributed by atoms with Gasteiger partial charge < -0.3 is 10.3 Å². The number of rotatable bonds is 5. The van der Waals surface area contributed by atoms with Crippen LogP contribution in [-0.2, 0) is 4.79 Å². The first-order valence-corrected chi connectivity index (χ1v) is 11.8. The van der Waals surface area contributed by atoms with E-state index in [4.69, 9.17) is 4.98 Å². The van der Waals surface area contributed by atoms with E-state index >= 15 is 0 Å². The highest BCUT2D eigenvalue weighted by Crippen LogP contribution is 2.45. The van der Waals surface area contributed by atoms with E-state index in [9.17, 15) is 9.59 Å². The van der Waals surface area contributed by atoms with Crippen LogP contribution in [0, 0.1) is 5.92 Å². The highest BCUT2D eigenvalue weighted by molar-refractivity contribution is 9.10.